The van der Waals surface area contributed by atoms with E-state index in [4.69, 9.17) is 15.7 Å². The van der Waals surface area contributed by atoms with Crippen LogP contribution in [0.25, 0.3) is 0 Å². The zero-order chi connectivity index (χ0) is 13.5. The van der Waals surface area contributed by atoms with Gasteiger partial charge in [0.15, 0.2) is 0 Å². The van der Waals surface area contributed by atoms with E-state index in [0.29, 0.717) is 13.0 Å². The molecule has 0 aliphatic carbocycles. The van der Waals surface area contributed by atoms with Crippen molar-refractivity contribution >= 4 is 73.6 Å². The fraction of sp³-hybridized carbons (Fsp3) is 0.364. The number of rotatable bonds is 6. The van der Waals surface area contributed by atoms with Gasteiger partial charge in [-0.2, -0.15) is 0 Å². The van der Waals surface area contributed by atoms with Gasteiger partial charge in [-0.1, -0.05) is 5.16 Å². The van der Waals surface area contributed by atoms with E-state index in [-0.39, 0.29) is 5.84 Å². The molecule has 0 aromatic heterocycles. The molecule has 7 heteroatoms. The van der Waals surface area contributed by atoms with Gasteiger partial charge in [-0.3, -0.25) is 0 Å². The molecule has 0 aliphatic heterocycles. The zero-order valence-electron chi connectivity index (χ0n) is 9.50. The van der Waals surface area contributed by atoms with Crippen molar-refractivity contribution in [1.82, 2.24) is 0 Å². The standard InChI is InChI=1S/C11H13I3N2O2/c12-7-5-8(13)11(9(14)6-7)18-4-2-1-3-10(15)16-17/h5-6,17H,1-4H2,(H2,15,16). The van der Waals surface area contributed by atoms with E-state index in [1.807, 2.05) is 0 Å². The average Bonchev–Trinajstić information content (AvgIpc) is 2.31. The van der Waals surface area contributed by atoms with Crippen molar-refractivity contribution in [3.05, 3.63) is 22.8 Å². The third-order valence-electron chi connectivity index (χ3n) is 2.17. The summed E-state index contributed by atoms with van der Waals surface area (Å²) in [5.41, 5.74) is 5.39. The summed E-state index contributed by atoms with van der Waals surface area (Å²) in [5.74, 6) is 1.22. The lowest BCUT2D eigenvalue weighted by molar-refractivity contribution is 0.301. The SMILES string of the molecule is NC(CCCCOc1c(I)cc(I)cc1I)=NO. The Labute approximate surface area is 147 Å². The molecular formula is C11H13I3N2O2. The topological polar surface area (TPSA) is 67.8 Å². The maximum Gasteiger partial charge on any atom is 0.145 e. The van der Waals surface area contributed by atoms with Crippen molar-refractivity contribution < 1.29 is 9.94 Å². The number of amidine groups is 1. The van der Waals surface area contributed by atoms with Crippen molar-refractivity contribution in [3.63, 3.8) is 0 Å². The first-order valence-corrected chi connectivity index (χ1v) is 8.52. The van der Waals surface area contributed by atoms with Crippen LogP contribution in [-0.2, 0) is 0 Å². The first-order chi connectivity index (χ1) is 8.54. The number of hydrogen-bond donors (Lipinski definition) is 2. The van der Waals surface area contributed by atoms with Gasteiger partial charge in [0.05, 0.1) is 13.7 Å². The smallest absolute Gasteiger partial charge is 0.145 e. The molecule has 0 atom stereocenters. The van der Waals surface area contributed by atoms with Gasteiger partial charge in [0.25, 0.3) is 0 Å². The van der Waals surface area contributed by atoms with Crippen LogP contribution >= 0.6 is 67.8 Å². The Morgan fingerprint density at radius 3 is 2.39 bits per heavy atom. The summed E-state index contributed by atoms with van der Waals surface area (Å²) >= 11 is 6.86. The van der Waals surface area contributed by atoms with E-state index in [1.54, 1.807) is 0 Å². The summed E-state index contributed by atoms with van der Waals surface area (Å²) in [5, 5.41) is 11.3. The molecule has 0 heterocycles. The fourth-order valence-corrected chi connectivity index (χ4v) is 5.19. The molecule has 0 aliphatic rings. The highest BCUT2D eigenvalue weighted by Crippen LogP contribution is 2.29. The molecule has 1 rings (SSSR count). The Bertz CT molecular complexity index is 415. The Kier molecular flexibility index (Phi) is 7.91. The third kappa shape index (κ3) is 5.63. The Hall–Kier alpha value is 0.480. The quantitative estimate of drug-likeness (QED) is 0.133. The summed E-state index contributed by atoms with van der Waals surface area (Å²) < 4.78 is 9.24. The molecule has 0 unspecified atom stereocenters. The van der Waals surface area contributed by atoms with Gasteiger partial charge < -0.3 is 15.7 Å². The van der Waals surface area contributed by atoms with Crippen LogP contribution in [0.3, 0.4) is 0 Å². The summed E-state index contributed by atoms with van der Waals surface area (Å²) in [4.78, 5) is 0. The van der Waals surface area contributed by atoms with E-state index in [0.717, 1.165) is 25.7 Å². The molecule has 0 bridgehead atoms. The van der Waals surface area contributed by atoms with E-state index >= 15 is 0 Å². The second kappa shape index (κ2) is 8.61. The van der Waals surface area contributed by atoms with Crippen molar-refractivity contribution in [2.24, 2.45) is 10.9 Å². The number of nitrogens with zero attached hydrogens (tertiary/aromatic N) is 1. The molecule has 0 amide bonds. The largest absolute Gasteiger partial charge is 0.491 e. The molecule has 0 spiro atoms. The van der Waals surface area contributed by atoms with Crippen LogP contribution in [0.15, 0.2) is 17.3 Å². The second-order valence-corrected chi connectivity index (χ2v) is 7.17. The van der Waals surface area contributed by atoms with Gasteiger partial charge in [-0.25, -0.2) is 0 Å². The second-order valence-electron chi connectivity index (χ2n) is 3.60. The van der Waals surface area contributed by atoms with Crippen LogP contribution in [-0.4, -0.2) is 17.6 Å². The van der Waals surface area contributed by atoms with E-state index < -0.39 is 0 Å². The summed E-state index contributed by atoms with van der Waals surface area (Å²) in [7, 11) is 0. The Balaban J connectivity index is 2.40. The monoisotopic (exact) mass is 586 g/mol. The van der Waals surface area contributed by atoms with Crippen molar-refractivity contribution in [2.75, 3.05) is 6.61 Å². The first-order valence-electron chi connectivity index (χ1n) is 5.28. The van der Waals surface area contributed by atoms with Gasteiger partial charge in [-0.15, -0.1) is 0 Å². The van der Waals surface area contributed by atoms with Crippen molar-refractivity contribution in [3.8, 4) is 5.75 Å². The summed E-state index contributed by atoms with van der Waals surface area (Å²) in [6.07, 6.45) is 2.34. The number of oxime groups is 1. The third-order valence-corrected chi connectivity index (χ3v) is 4.39. The van der Waals surface area contributed by atoms with Crippen LogP contribution in [0.5, 0.6) is 5.75 Å². The van der Waals surface area contributed by atoms with Crippen LogP contribution in [0.1, 0.15) is 19.3 Å². The molecule has 1 aromatic rings. The van der Waals surface area contributed by atoms with Crippen LogP contribution in [0.2, 0.25) is 0 Å². The molecule has 4 nitrogen and oxygen atoms in total. The van der Waals surface area contributed by atoms with E-state index in [1.165, 1.54) is 3.57 Å². The minimum absolute atomic E-state index is 0.272. The molecule has 3 N–H and O–H groups in total. The summed E-state index contributed by atoms with van der Waals surface area (Å²) in [6.45, 7) is 0.644. The van der Waals surface area contributed by atoms with Crippen molar-refractivity contribution in [1.29, 1.82) is 0 Å². The molecule has 18 heavy (non-hydrogen) atoms. The molecule has 1 aromatic carbocycles. The number of nitrogens with two attached hydrogens (primary N) is 1. The average molecular weight is 586 g/mol. The lowest BCUT2D eigenvalue weighted by Crippen LogP contribution is -2.11. The minimum atomic E-state index is 0.272. The Morgan fingerprint density at radius 1 is 1.22 bits per heavy atom. The molecule has 0 saturated heterocycles. The minimum Gasteiger partial charge on any atom is -0.491 e. The Morgan fingerprint density at radius 2 is 1.83 bits per heavy atom. The highest BCUT2D eigenvalue weighted by Gasteiger charge is 2.07. The lowest BCUT2D eigenvalue weighted by Gasteiger charge is -2.10. The van der Waals surface area contributed by atoms with Crippen LogP contribution < -0.4 is 10.5 Å². The van der Waals surface area contributed by atoms with Gasteiger partial charge >= 0.3 is 0 Å². The number of hydrogen-bond acceptors (Lipinski definition) is 3. The predicted octanol–water partition coefficient (Wildman–Crippen LogP) is 3.80. The number of ether oxygens (including phenoxy) is 1. The van der Waals surface area contributed by atoms with Crippen LogP contribution in [0.4, 0.5) is 0 Å². The van der Waals surface area contributed by atoms with Gasteiger partial charge in [-0.05, 0) is 92.7 Å². The molecular weight excluding hydrogens is 573 g/mol. The zero-order valence-corrected chi connectivity index (χ0v) is 16.0. The highest BCUT2D eigenvalue weighted by molar-refractivity contribution is 14.1. The number of unbranched alkanes of at least 4 members (excludes halogenated alkanes) is 1. The van der Waals surface area contributed by atoms with E-state index in [9.17, 15) is 0 Å². The van der Waals surface area contributed by atoms with Crippen molar-refractivity contribution in [2.45, 2.75) is 19.3 Å². The number of halogens is 3. The molecule has 100 valence electrons. The predicted molar refractivity (Wildman–Crippen MR) is 97.3 cm³/mol. The maximum atomic E-state index is 8.40. The number of benzene rings is 1. The molecule has 0 fully saturated rings. The lowest BCUT2D eigenvalue weighted by atomic mass is 10.2. The van der Waals surface area contributed by atoms with Gasteiger partial charge in [0.1, 0.15) is 11.6 Å². The first kappa shape index (κ1) is 16.5. The molecule has 0 saturated carbocycles. The van der Waals surface area contributed by atoms with Gasteiger partial charge in [0, 0.05) is 9.99 Å². The van der Waals surface area contributed by atoms with Gasteiger partial charge in [0.2, 0.25) is 0 Å². The van der Waals surface area contributed by atoms with E-state index in [2.05, 4.69) is 85.1 Å². The fourth-order valence-electron chi connectivity index (χ4n) is 1.30. The summed E-state index contributed by atoms with van der Waals surface area (Å²) in [6, 6.07) is 4.18. The normalized spacial score (nSPS) is 11.6. The van der Waals surface area contributed by atoms with Crippen LogP contribution in [0, 0.1) is 10.7 Å². The maximum absolute atomic E-state index is 8.40. The molecule has 0 radical (unpaired) electrons. The highest BCUT2D eigenvalue weighted by atomic mass is 127.